The molecule has 8 heteroatoms. The second-order valence-electron chi connectivity index (χ2n) is 6.30. The van der Waals surface area contributed by atoms with Crippen LogP contribution in [-0.2, 0) is 9.53 Å². The van der Waals surface area contributed by atoms with Crippen molar-refractivity contribution in [2.24, 2.45) is 4.99 Å². The van der Waals surface area contributed by atoms with Gasteiger partial charge in [-0.3, -0.25) is 9.69 Å². The van der Waals surface area contributed by atoms with E-state index in [0.717, 1.165) is 24.1 Å². The number of amides is 1. The van der Waals surface area contributed by atoms with Gasteiger partial charge in [-0.25, -0.2) is 4.99 Å². The molecule has 0 atom stereocenters. The molecule has 0 aliphatic carbocycles. The SMILES string of the molecule is C#CCOc1c(I)cc(/C=C2\SC(=Nc3ccccc3)N(CCOCC)C2=O)cc1I. The van der Waals surface area contributed by atoms with Gasteiger partial charge in [0.2, 0.25) is 0 Å². The Hall–Kier alpha value is -1.55. The summed E-state index contributed by atoms with van der Waals surface area (Å²) < 4.78 is 13.0. The number of hydrogen-bond donors (Lipinski definition) is 0. The normalized spacial score (nSPS) is 16.2. The summed E-state index contributed by atoms with van der Waals surface area (Å²) in [7, 11) is 0. The fourth-order valence-electron chi connectivity index (χ4n) is 2.77. The van der Waals surface area contributed by atoms with Gasteiger partial charge in [0, 0.05) is 6.61 Å². The lowest BCUT2D eigenvalue weighted by Crippen LogP contribution is -2.32. The third kappa shape index (κ3) is 6.47. The molecule has 31 heavy (non-hydrogen) atoms. The van der Waals surface area contributed by atoms with Crippen LogP contribution in [0.4, 0.5) is 5.69 Å². The van der Waals surface area contributed by atoms with Crippen LogP contribution >= 0.6 is 56.9 Å². The molecule has 0 bridgehead atoms. The van der Waals surface area contributed by atoms with Gasteiger partial charge in [-0.2, -0.15) is 0 Å². The van der Waals surface area contributed by atoms with Gasteiger partial charge in [0.1, 0.15) is 12.4 Å². The lowest BCUT2D eigenvalue weighted by Gasteiger charge is -2.15. The Morgan fingerprint density at radius 2 is 1.94 bits per heavy atom. The maximum Gasteiger partial charge on any atom is 0.266 e. The highest BCUT2D eigenvalue weighted by Gasteiger charge is 2.33. The minimum atomic E-state index is -0.0722. The highest BCUT2D eigenvalue weighted by atomic mass is 127. The summed E-state index contributed by atoms with van der Waals surface area (Å²) in [6.45, 7) is 3.67. The molecule has 5 nitrogen and oxygen atoms in total. The fraction of sp³-hybridized carbons (Fsp3) is 0.217. The van der Waals surface area contributed by atoms with Crippen LogP contribution in [0, 0.1) is 19.5 Å². The van der Waals surface area contributed by atoms with Crippen molar-refractivity contribution in [2.45, 2.75) is 6.92 Å². The molecule has 2 aromatic carbocycles. The zero-order valence-corrected chi connectivity index (χ0v) is 21.9. The Morgan fingerprint density at radius 1 is 1.23 bits per heavy atom. The molecule has 1 aliphatic rings. The summed E-state index contributed by atoms with van der Waals surface area (Å²) in [6, 6.07) is 13.6. The third-order valence-electron chi connectivity index (χ3n) is 4.15. The Balaban J connectivity index is 1.90. The Kier molecular flexibility index (Phi) is 9.25. The molecule has 2 aromatic rings. The second kappa shape index (κ2) is 11.9. The lowest BCUT2D eigenvalue weighted by molar-refractivity contribution is -0.122. The van der Waals surface area contributed by atoms with Crippen molar-refractivity contribution < 1.29 is 14.3 Å². The molecule has 1 fully saturated rings. The summed E-state index contributed by atoms with van der Waals surface area (Å²) in [5.41, 5.74) is 1.72. The minimum absolute atomic E-state index is 0.0722. The van der Waals surface area contributed by atoms with Crippen LogP contribution in [-0.4, -0.2) is 42.3 Å². The van der Waals surface area contributed by atoms with Crippen molar-refractivity contribution in [3.63, 3.8) is 0 Å². The van der Waals surface area contributed by atoms with E-state index in [9.17, 15) is 4.79 Å². The zero-order valence-electron chi connectivity index (χ0n) is 16.8. The molecule has 3 rings (SSSR count). The van der Waals surface area contributed by atoms with E-state index in [2.05, 4.69) is 51.1 Å². The van der Waals surface area contributed by atoms with Crippen molar-refractivity contribution in [2.75, 3.05) is 26.4 Å². The monoisotopic (exact) mass is 658 g/mol. The number of benzene rings is 2. The summed E-state index contributed by atoms with van der Waals surface area (Å²) in [4.78, 5) is 20.1. The molecule has 0 aromatic heterocycles. The highest BCUT2D eigenvalue weighted by molar-refractivity contribution is 14.1. The fourth-order valence-corrected chi connectivity index (χ4v) is 5.92. The smallest absolute Gasteiger partial charge is 0.266 e. The van der Waals surface area contributed by atoms with Crippen molar-refractivity contribution >= 4 is 79.8 Å². The second-order valence-corrected chi connectivity index (χ2v) is 9.63. The molecule has 1 heterocycles. The van der Waals surface area contributed by atoms with Crippen LogP contribution in [0.15, 0.2) is 52.4 Å². The maximum atomic E-state index is 13.1. The number of terminal acetylenes is 1. The number of para-hydroxylation sites is 1. The van der Waals surface area contributed by atoms with Gasteiger partial charge in [-0.1, -0.05) is 24.1 Å². The van der Waals surface area contributed by atoms with E-state index < -0.39 is 0 Å². The van der Waals surface area contributed by atoms with Crippen molar-refractivity contribution in [3.05, 3.63) is 60.1 Å². The number of hydrogen-bond acceptors (Lipinski definition) is 5. The first-order chi connectivity index (χ1) is 15.0. The average Bonchev–Trinajstić information content (AvgIpc) is 3.03. The molecule has 1 saturated heterocycles. The van der Waals surface area contributed by atoms with E-state index in [0.29, 0.717) is 29.8 Å². The van der Waals surface area contributed by atoms with Gasteiger partial charge in [-0.05, 0) is 99.8 Å². The Labute approximate surface area is 213 Å². The standard InChI is InChI=1S/C23H20I2N2O3S/c1-3-11-30-21-18(24)13-16(14-19(21)25)15-20-22(28)27(10-12-29-4-2)23(31-20)26-17-8-6-5-7-9-17/h1,5-9,13-15H,4,10-12H2,2H3/b20-15-,26-23?. The number of carbonyl (C=O) groups excluding carboxylic acids is 1. The molecule has 1 aliphatic heterocycles. The molecule has 0 N–H and O–H groups in total. The topological polar surface area (TPSA) is 51.1 Å². The van der Waals surface area contributed by atoms with Crippen LogP contribution in [0.3, 0.4) is 0 Å². The molecule has 1 amide bonds. The number of halogens is 2. The van der Waals surface area contributed by atoms with Crippen molar-refractivity contribution in [1.82, 2.24) is 4.90 Å². The number of rotatable bonds is 8. The summed E-state index contributed by atoms with van der Waals surface area (Å²) in [6.07, 6.45) is 7.19. The predicted octanol–water partition coefficient (Wildman–Crippen LogP) is 5.55. The number of aliphatic imine (C=N–C) groups is 1. The van der Waals surface area contributed by atoms with Gasteiger partial charge in [0.05, 0.1) is 30.9 Å². The summed E-state index contributed by atoms with van der Waals surface area (Å²) in [5, 5.41) is 0.653. The number of nitrogens with zero attached hydrogens (tertiary/aromatic N) is 2. The minimum Gasteiger partial charge on any atom is -0.479 e. The predicted molar refractivity (Wildman–Crippen MR) is 144 cm³/mol. The van der Waals surface area contributed by atoms with Crippen LogP contribution < -0.4 is 4.74 Å². The molecular formula is C23H20I2N2O3S. The number of thioether (sulfide) groups is 1. The first-order valence-corrected chi connectivity index (χ1v) is 12.5. The molecule has 0 saturated carbocycles. The first-order valence-electron chi connectivity index (χ1n) is 9.51. The highest BCUT2D eigenvalue weighted by Crippen LogP contribution is 2.36. The molecule has 0 unspecified atom stereocenters. The molecular weight excluding hydrogens is 638 g/mol. The van der Waals surface area contributed by atoms with Crippen LogP contribution in [0.25, 0.3) is 6.08 Å². The van der Waals surface area contributed by atoms with Gasteiger partial charge in [-0.15, -0.1) is 6.42 Å². The Bertz CT molecular complexity index is 1030. The summed E-state index contributed by atoms with van der Waals surface area (Å²) in [5.74, 6) is 3.17. The first kappa shape index (κ1) is 24.1. The van der Waals surface area contributed by atoms with E-state index in [1.807, 2.05) is 55.5 Å². The Morgan fingerprint density at radius 3 is 2.58 bits per heavy atom. The van der Waals surface area contributed by atoms with E-state index >= 15 is 0 Å². The van der Waals surface area contributed by atoms with Gasteiger partial charge in [0.15, 0.2) is 5.17 Å². The van der Waals surface area contributed by atoms with E-state index in [4.69, 9.17) is 20.9 Å². The van der Waals surface area contributed by atoms with Crippen molar-refractivity contribution in [3.8, 4) is 18.1 Å². The summed E-state index contributed by atoms with van der Waals surface area (Å²) >= 11 is 5.81. The number of amidine groups is 1. The van der Waals surface area contributed by atoms with E-state index in [-0.39, 0.29) is 12.5 Å². The number of carbonyl (C=O) groups is 1. The van der Waals surface area contributed by atoms with Gasteiger partial charge in [0.25, 0.3) is 5.91 Å². The molecule has 0 radical (unpaired) electrons. The number of ether oxygens (including phenoxy) is 2. The molecule has 160 valence electrons. The quantitative estimate of drug-likeness (QED) is 0.162. The van der Waals surface area contributed by atoms with Gasteiger partial charge < -0.3 is 9.47 Å². The van der Waals surface area contributed by atoms with Crippen LogP contribution in [0.2, 0.25) is 0 Å². The maximum absolute atomic E-state index is 13.1. The third-order valence-corrected chi connectivity index (χ3v) is 6.76. The van der Waals surface area contributed by atoms with Crippen molar-refractivity contribution in [1.29, 1.82) is 0 Å². The lowest BCUT2D eigenvalue weighted by atomic mass is 10.2. The largest absolute Gasteiger partial charge is 0.479 e. The van der Waals surface area contributed by atoms with Crippen LogP contribution in [0.5, 0.6) is 5.75 Å². The van der Waals surface area contributed by atoms with E-state index in [1.54, 1.807) is 4.90 Å². The zero-order chi connectivity index (χ0) is 22.2. The molecule has 0 spiro atoms. The van der Waals surface area contributed by atoms with Crippen LogP contribution in [0.1, 0.15) is 12.5 Å². The van der Waals surface area contributed by atoms with Gasteiger partial charge >= 0.3 is 0 Å². The van der Waals surface area contributed by atoms with E-state index in [1.165, 1.54) is 11.8 Å². The average molecular weight is 658 g/mol.